The van der Waals surface area contributed by atoms with E-state index in [9.17, 15) is 0 Å². The van der Waals surface area contributed by atoms with Gasteiger partial charge < -0.3 is 5.32 Å². The van der Waals surface area contributed by atoms with Crippen molar-refractivity contribution in [1.29, 1.82) is 0 Å². The quantitative estimate of drug-likeness (QED) is 0.634. The first-order chi connectivity index (χ1) is 6.93. The molecule has 0 aromatic carbocycles. The van der Waals surface area contributed by atoms with Crippen LogP contribution in [0.2, 0.25) is 0 Å². The summed E-state index contributed by atoms with van der Waals surface area (Å²) in [5.41, 5.74) is 0.227. The molecule has 0 amide bonds. The van der Waals surface area contributed by atoms with E-state index in [1.54, 1.807) is 18.1 Å². The summed E-state index contributed by atoms with van der Waals surface area (Å²) in [7, 11) is 0. The van der Waals surface area contributed by atoms with Gasteiger partial charge in [-0.1, -0.05) is 20.8 Å². The summed E-state index contributed by atoms with van der Waals surface area (Å²) in [4.78, 5) is 8.34. The van der Waals surface area contributed by atoms with Gasteiger partial charge in [-0.15, -0.1) is 11.8 Å². The van der Waals surface area contributed by atoms with E-state index >= 15 is 0 Å². The third-order valence-electron chi connectivity index (χ3n) is 2.51. The molecule has 1 unspecified atom stereocenters. The van der Waals surface area contributed by atoms with Crippen LogP contribution in [0.25, 0.3) is 0 Å². The van der Waals surface area contributed by atoms with Crippen LogP contribution in [0.3, 0.4) is 0 Å². The molecule has 3 nitrogen and oxygen atoms in total. The zero-order chi connectivity index (χ0) is 11.5. The first kappa shape index (κ1) is 12.3. The molecule has 0 aliphatic heterocycles. The van der Waals surface area contributed by atoms with E-state index < -0.39 is 0 Å². The van der Waals surface area contributed by atoms with Crippen LogP contribution in [0.5, 0.6) is 0 Å². The predicted molar refractivity (Wildman–Crippen MR) is 66.4 cm³/mol. The lowest BCUT2D eigenvalue weighted by molar-refractivity contribution is 0.358. The van der Waals surface area contributed by atoms with Crippen LogP contribution in [-0.2, 0) is 0 Å². The molecule has 0 aliphatic rings. The Labute approximate surface area is 96.1 Å². The van der Waals surface area contributed by atoms with Crippen LogP contribution in [0, 0.1) is 5.41 Å². The molecule has 4 heteroatoms. The Bertz CT molecular complexity index is 320. The molecule has 1 aromatic heterocycles. The molecule has 1 atom stereocenters. The van der Waals surface area contributed by atoms with E-state index in [0.29, 0.717) is 6.04 Å². The Morgan fingerprint density at radius 1 is 1.33 bits per heavy atom. The molecule has 0 bridgehead atoms. The fourth-order valence-corrected chi connectivity index (χ4v) is 1.35. The fourth-order valence-electron chi connectivity index (χ4n) is 0.968. The Kier molecular flexibility index (Phi) is 3.97. The summed E-state index contributed by atoms with van der Waals surface area (Å²) < 4.78 is 0. The number of nitrogens with zero attached hydrogens (tertiary/aromatic N) is 2. The first-order valence-electron chi connectivity index (χ1n) is 5.06. The van der Waals surface area contributed by atoms with E-state index in [1.807, 2.05) is 12.3 Å². The molecule has 0 saturated carbocycles. The van der Waals surface area contributed by atoms with Gasteiger partial charge in [-0.2, -0.15) is 0 Å². The van der Waals surface area contributed by atoms with Crippen molar-refractivity contribution in [2.24, 2.45) is 5.41 Å². The third kappa shape index (κ3) is 3.70. The summed E-state index contributed by atoms with van der Waals surface area (Å²) in [6.45, 7) is 8.80. The highest BCUT2D eigenvalue weighted by atomic mass is 32.2. The molecule has 0 radical (unpaired) electrons. The highest BCUT2D eigenvalue weighted by molar-refractivity contribution is 7.98. The van der Waals surface area contributed by atoms with E-state index in [-0.39, 0.29) is 5.41 Å². The molecular weight excluding hydrogens is 206 g/mol. The van der Waals surface area contributed by atoms with Gasteiger partial charge in [-0.05, 0) is 18.6 Å². The summed E-state index contributed by atoms with van der Waals surface area (Å²) in [6.07, 6.45) is 3.61. The maximum atomic E-state index is 4.21. The minimum atomic E-state index is 0.227. The van der Waals surface area contributed by atoms with Gasteiger partial charge in [0.2, 0.25) is 0 Å². The van der Waals surface area contributed by atoms with E-state index in [2.05, 4.69) is 43.0 Å². The van der Waals surface area contributed by atoms with Gasteiger partial charge in [-0.25, -0.2) is 9.97 Å². The number of thioether (sulfide) groups is 1. The van der Waals surface area contributed by atoms with Crippen molar-refractivity contribution in [2.45, 2.75) is 38.8 Å². The maximum absolute atomic E-state index is 4.21. The normalized spacial score (nSPS) is 13.7. The predicted octanol–water partition coefficient (Wildman–Crippen LogP) is 3.05. The van der Waals surface area contributed by atoms with Crippen molar-refractivity contribution >= 4 is 17.6 Å². The van der Waals surface area contributed by atoms with Crippen LogP contribution in [-0.4, -0.2) is 22.3 Å². The molecule has 1 heterocycles. The van der Waals surface area contributed by atoms with Gasteiger partial charge >= 0.3 is 0 Å². The monoisotopic (exact) mass is 225 g/mol. The lowest BCUT2D eigenvalue weighted by atomic mass is 9.88. The number of hydrogen-bond acceptors (Lipinski definition) is 4. The highest BCUT2D eigenvalue weighted by Gasteiger charge is 2.19. The van der Waals surface area contributed by atoms with Crippen molar-refractivity contribution in [3.05, 3.63) is 12.4 Å². The lowest BCUT2D eigenvalue weighted by Crippen LogP contribution is -2.31. The molecule has 1 N–H and O–H groups in total. The molecule has 0 saturated heterocycles. The second-order valence-electron chi connectivity index (χ2n) is 4.68. The summed E-state index contributed by atoms with van der Waals surface area (Å²) in [5.74, 6) is 0.900. The van der Waals surface area contributed by atoms with Crippen LogP contribution >= 0.6 is 11.8 Å². The minimum absolute atomic E-state index is 0.227. The average Bonchev–Trinajstić information content (AvgIpc) is 2.16. The molecule has 15 heavy (non-hydrogen) atoms. The number of nitrogens with one attached hydrogen (secondary N) is 1. The zero-order valence-electron chi connectivity index (χ0n) is 10.0. The number of anilines is 1. The second-order valence-corrected chi connectivity index (χ2v) is 5.50. The topological polar surface area (TPSA) is 37.8 Å². The Hall–Kier alpha value is -0.770. The Morgan fingerprint density at radius 2 is 2.00 bits per heavy atom. The van der Waals surface area contributed by atoms with Crippen LogP contribution in [0.1, 0.15) is 27.7 Å². The molecule has 0 fully saturated rings. The first-order valence-corrected chi connectivity index (χ1v) is 6.28. The Balaban J connectivity index is 2.72. The third-order valence-corrected chi connectivity index (χ3v) is 3.16. The van der Waals surface area contributed by atoms with Crippen LogP contribution in [0.4, 0.5) is 5.82 Å². The minimum Gasteiger partial charge on any atom is -0.367 e. The number of rotatable bonds is 3. The van der Waals surface area contributed by atoms with Gasteiger partial charge in [0, 0.05) is 12.1 Å². The summed E-state index contributed by atoms with van der Waals surface area (Å²) in [5, 5.41) is 4.39. The SMILES string of the molecule is CSc1cc(NC(C)C(C)(C)C)ncn1. The largest absolute Gasteiger partial charge is 0.367 e. The fraction of sp³-hybridized carbons (Fsp3) is 0.636. The lowest BCUT2D eigenvalue weighted by Gasteiger charge is -2.28. The Morgan fingerprint density at radius 3 is 2.53 bits per heavy atom. The second kappa shape index (κ2) is 4.84. The van der Waals surface area contributed by atoms with Gasteiger partial charge in [0.1, 0.15) is 17.2 Å². The van der Waals surface area contributed by atoms with Crippen molar-refractivity contribution in [1.82, 2.24) is 9.97 Å². The summed E-state index contributed by atoms with van der Waals surface area (Å²) in [6, 6.07) is 2.36. The van der Waals surface area contributed by atoms with Crippen molar-refractivity contribution in [2.75, 3.05) is 11.6 Å². The van der Waals surface area contributed by atoms with Gasteiger partial charge in [-0.3, -0.25) is 0 Å². The molecular formula is C11H19N3S. The number of hydrogen-bond donors (Lipinski definition) is 1. The molecule has 84 valence electrons. The van der Waals surface area contributed by atoms with Crippen LogP contribution in [0.15, 0.2) is 17.4 Å². The number of aromatic nitrogens is 2. The van der Waals surface area contributed by atoms with Gasteiger partial charge in [0.25, 0.3) is 0 Å². The molecule has 0 aliphatic carbocycles. The van der Waals surface area contributed by atoms with Gasteiger partial charge in [0.15, 0.2) is 0 Å². The van der Waals surface area contributed by atoms with Gasteiger partial charge in [0.05, 0.1) is 0 Å². The summed E-state index contributed by atoms with van der Waals surface area (Å²) >= 11 is 1.63. The molecule has 0 spiro atoms. The standard InChI is InChI=1S/C11H19N3S/c1-8(11(2,3)4)14-9-6-10(15-5)13-7-12-9/h6-8H,1-5H3,(H,12,13,14). The highest BCUT2D eigenvalue weighted by Crippen LogP contribution is 2.22. The van der Waals surface area contributed by atoms with Crippen molar-refractivity contribution in [3.63, 3.8) is 0 Å². The van der Waals surface area contributed by atoms with Crippen molar-refractivity contribution < 1.29 is 0 Å². The molecule has 1 rings (SSSR count). The zero-order valence-corrected chi connectivity index (χ0v) is 10.9. The maximum Gasteiger partial charge on any atom is 0.130 e. The van der Waals surface area contributed by atoms with Crippen LogP contribution < -0.4 is 5.32 Å². The van der Waals surface area contributed by atoms with Crippen molar-refractivity contribution in [3.8, 4) is 0 Å². The van der Waals surface area contributed by atoms with E-state index in [4.69, 9.17) is 0 Å². The molecule has 1 aromatic rings. The van der Waals surface area contributed by atoms with E-state index in [1.165, 1.54) is 0 Å². The van der Waals surface area contributed by atoms with E-state index in [0.717, 1.165) is 10.8 Å². The smallest absolute Gasteiger partial charge is 0.130 e. The average molecular weight is 225 g/mol.